The Bertz CT molecular complexity index is 249. The molecule has 1 unspecified atom stereocenters. The molecular formula is C17H33NO2. The Morgan fingerprint density at radius 1 is 1.10 bits per heavy atom. The van der Waals surface area contributed by atoms with Crippen LogP contribution in [0.4, 0.5) is 4.79 Å². The minimum absolute atomic E-state index is 0.0436. The number of primary amides is 1. The molecule has 1 aliphatic rings. The Morgan fingerprint density at radius 3 is 2.45 bits per heavy atom. The van der Waals surface area contributed by atoms with Gasteiger partial charge in [-0.2, -0.15) is 0 Å². The maximum Gasteiger partial charge on any atom is 0.404 e. The largest absolute Gasteiger partial charge is 0.446 e. The maximum absolute atomic E-state index is 10.9. The van der Waals surface area contributed by atoms with Crippen molar-refractivity contribution < 1.29 is 9.53 Å². The summed E-state index contributed by atoms with van der Waals surface area (Å²) in [6, 6.07) is 0. The van der Waals surface area contributed by atoms with Gasteiger partial charge in [0.2, 0.25) is 0 Å². The molecule has 0 bridgehead atoms. The lowest BCUT2D eigenvalue weighted by molar-refractivity contribution is 0.0924. The quantitative estimate of drug-likeness (QED) is 0.562. The van der Waals surface area contributed by atoms with Gasteiger partial charge in [0, 0.05) is 0 Å². The zero-order chi connectivity index (χ0) is 14.6. The van der Waals surface area contributed by atoms with E-state index in [0.29, 0.717) is 0 Å². The number of carbonyl (C=O) groups excluding carboxylic acids is 1. The van der Waals surface area contributed by atoms with E-state index in [0.717, 1.165) is 38.0 Å². The first-order valence-corrected chi connectivity index (χ1v) is 8.68. The first-order chi connectivity index (χ1) is 9.72. The zero-order valence-electron chi connectivity index (χ0n) is 13.2. The molecule has 0 aromatic carbocycles. The van der Waals surface area contributed by atoms with E-state index in [9.17, 15) is 4.79 Å². The van der Waals surface area contributed by atoms with Gasteiger partial charge in [0.1, 0.15) is 6.10 Å². The predicted molar refractivity (Wildman–Crippen MR) is 83.6 cm³/mol. The number of carbonyl (C=O) groups is 1. The summed E-state index contributed by atoms with van der Waals surface area (Å²) in [7, 11) is 0. The van der Waals surface area contributed by atoms with Crippen LogP contribution in [0.2, 0.25) is 0 Å². The molecule has 0 radical (unpaired) electrons. The molecule has 0 aliphatic heterocycles. The van der Waals surface area contributed by atoms with Crippen LogP contribution in [0.15, 0.2) is 0 Å². The van der Waals surface area contributed by atoms with Crippen LogP contribution in [0.5, 0.6) is 0 Å². The highest BCUT2D eigenvalue weighted by Gasteiger charge is 2.14. The number of nitrogens with two attached hydrogens (primary N) is 1. The van der Waals surface area contributed by atoms with Gasteiger partial charge in [0.25, 0.3) is 0 Å². The van der Waals surface area contributed by atoms with Crippen molar-refractivity contribution in [2.75, 3.05) is 0 Å². The number of ether oxygens (including phenoxy) is 1. The van der Waals surface area contributed by atoms with Crippen LogP contribution in [0.25, 0.3) is 0 Å². The van der Waals surface area contributed by atoms with Crippen LogP contribution in [-0.4, -0.2) is 12.2 Å². The molecule has 1 atom stereocenters. The average molecular weight is 283 g/mol. The summed E-state index contributed by atoms with van der Waals surface area (Å²) in [6.45, 7) is 2.16. The SMILES string of the molecule is CCCCC(CCCCCC1CCCCC1)OC(N)=O. The molecule has 0 aromatic rings. The third-order valence-electron chi connectivity index (χ3n) is 4.53. The van der Waals surface area contributed by atoms with Crippen LogP contribution in [0, 0.1) is 5.92 Å². The second-order valence-corrected chi connectivity index (χ2v) is 6.34. The van der Waals surface area contributed by atoms with E-state index in [4.69, 9.17) is 10.5 Å². The van der Waals surface area contributed by atoms with Crippen molar-refractivity contribution in [2.45, 2.75) is 96.5 Å². The van der Waals surface area contributed by atoms with E-state index < -0.39 is 6.09 Å². The Labute approximate surface area is 124 Å². The fraction of sp³-hybridized carbons (Fsp3) is 0.941. The molecule has 1 fully saturated rings. The molecule has 0 spiro atoms. The smallest absolute Gasteiger partial charge is 0.404 e. The molecule has 20 heavy (non-hydrogen) atoms. The molecule has 1 amide bonds. The molecule has 1 saturated carbocycles. The number of hydrogen-bond donors (Lipinski definition) is 1. The highest BCUT2D eigenvalue weighted by molar-refractivity contribution is 5.64. The first-order valence-electron chi connectivity index (χ1n) is 8.68. The van der Waals surface area contributed by atoms with Crippen molar-refractivity contribution in [3.05, 3.63) is 0 Å². The predicted octanol–water partition coefficient (Wildman–Crippen LogP) is 5.17. The van der Waals surface area contributed by atoms with Gasteiger partial charge >= 0.3 is 6.09 Å². The van der Waals surface area contributed by atoms with Gasteiger partial charge in [-0.3, -0.25) is 0 Å². The lowest BCUT2D eigenvalue weighted by Crippen LogP contribution is -2.22. The van der Waals surface area contributed by atoms with Crippen molar-refractivity contribution in [1.82, 2.24) is 0 Å². The van der Waals surface area contributed by atoms with Crippen molar-refractivity contribution in [2.24, 2.45) is 11.7 Å². The van der Waals surface area contributed by atoms with E-state index >= 15 is 0 Å². The van der Waals surface area contributed by atoms with Gasteiger partial charge in [-0.1, -0.05) is 71.1 Å². The first kappa shape index (κ1) is 17.3. The third-order valence-corrected chi connectivity index (χ3v) is 4.53. The molecule has 3 nitrogen and oxygen atoms in total. The molecule has 1 aliphatic carbocycles. The molecule has 0 heterocycles. The van der Waals surface area contributed by atoms with Gasteiger partial charge < -0.3 is 10.5 Å². The number of rotatable bonds is 10. The Hall–Kier alpha value is -0.730. The normalized spacial score (nSPS) is 17.9. The number of amides is 1. The van der Waals surface area contributed by atoms with Crippen LogP contribution in [-0.2, 0) is 4.74 Å². The highest BCUT2D eigenvalue weighted by atomic mass is 16.6. The summed E-state index contributed by atoms with van der Waals surface area (Å²) >= 11 is 0. The average Bonchev–Trinajstić information content (AvgIpc) is 2.44. The molecule has 2 N–H and O–H groups in total. The van der Waals surface area contributed by atoms with E-state index in [-0.39, 0.29) is 6.10 Å². The summed E-state index contributed by atoms with van der Waals surface area (Å²) < 4.78 is 5.19. The van der Waals surface area contributed by atoms with Crippen molar-refractivity contribution >= 4 is 6.09 Å². The summed E-state index contributed by atoms with van der Waals surface area (Å²) in [5.74, 6) is 0.988. The fourth-order valence-corrected chi connectivity index (χ4v) is 3.32. The van der Waals surface area contributed by atoms with Gasteiger partial charge in [-0.25, -0.2) is 4.79 Å². The monoisotopic (exact) mass is 283 g/mol. The minimum atomic E-state index is -0.617. The molecule has 1 rings (SSSR count). The van der Waals surface area contributed by atoms with Crippen LogP contribution >= 0.6 is 0 Å². The van der Waals surface area contributed by atoms with E-state index in [1.807, 2.05) is 0 Å². The summed E-state index contributed by atoms with van der Waals surface area (Å²) in [5, 5.41) is 0. The van der Waals surface area contributed by atoms with E-state index in [1.54, 1.807) is 0 Å². The van der Waals surface area contributed by atoms with E-state index in [2.05, 4.69) is 6.92 Å². The topological polar surface area (TPSA) is 52.3 Å². The lowest BCUT2D eigenvalue weighted by atomic mass is 9.85. The van der Waals surface area contributed by atoms with Crippen molar-refractivity contribution in [3.8, 4) is 0 Å². The van der Waals surface area contributed by atoms with Gasteiger partial charge in [0.05, 0.1) is 0 Å². The molecule has 118 valence electrons. The Balaban J connectivity index is 2.04. The second kappa shape index (κ2) is 11.0. The maximum atomic E-state index is 10.9. The standard InChI is InChI=1S/C17H33NO2/c1-2-3-13-16(20-17(18)19)14-9-5-8-12-15-10-6-4-7-11-15/h15-16H,2-14H2,1H3,(H2,18,19). The van der Waals surface area contributed by atoms with Gasteiger partial charge in [-0.15, -0.1) is 0 Å². The molecular weight excluding hydrogens is 250 g/mol. The van der Waals surface area contributed by atoms with Gasteiger partial charge in [0.15, 0.2) is 0 Å². The highest BCUT2D eigenvalue weighted by Crippen LogP contribution is 2.28. The number of unbranched alkanes of at least 4 members (excludes halogenated alkanes) is 3. The fourth-order valence-electron chi connectivity index (χ4n) is 3.32. The van der Waals surface area contributed by atoms with E-state index in [1.165, 1.54) is 51.4 Å². The summed E-state index contributed by atoms with van der Waals surface area (Å²) in [5.41, 5.74) is 5.13. The van der Waals surface area contributed by atoms with Crippen molar-refractivity contribution in [3.63, 3.8) is 0 Å². The molecule has 0 aromatic heterocycles. The molecule has 0 saturated heterocycles. The van der Waals surface area contributed by atoms with Crippen LogP contribution in [0.1, 0.15) is 90.4 Å². The molecule has 3 heteroatoms. The third kappa shape index (κ3) is 8.44. The lowest BCUT2D eigenvalue weighted by Gasteiger charge is -2.21. The number of hydrogen-bond acceptors (Lipinski definition) is 2. The van der Waals surface area contributed by atoms with Gasteiger partial charge in [-0.05, 0) is 25.2 Å². The van der Waals surface area contributed by atoms with Crippen LogP contribution in [0.3, 0.4) is 0 Å². The van der Waals surface area contributed by atoms with Crippen molar-refractivity contribution in [1.29, 1.82) is 0 Å². The Morgan fingerprint density at radius 2 is 1.80 bits per heavy atom. The minimum Gasteiger partial charge on any atom is -0.446 e. The van der Waals surface area contributed by atoms with Crippen LogP contribution < -0.4 is 5.73 Å². The summed E-state index contributed by atoms with van der Waals surface area (Å²) in [6.07, 6.45) is 16.0. The zero-order valence-corrected chi connectivity index (χ0v) is 13.2. The Kier molecular flexibility index (Phi) is 9.52. The second-order valence-electron chi connectivity index (χ2n) is 6.34. The summed E-state index contributed by atoms with van der Waals surface area (Å²) in [4.78, 5) is 10.9.